The first-order valence-corrected chi connectivity index (χ1v) is 9.03. The van der Waals surface area contributed by atoms with Crippen molar-refractivity contribution in [2.24, 2.45) is 0 Å². The van der Waals surface area contributed by atoms with Crippen LogP contribution in [0.15, 0.2) is 6.20 Å². The molecule has 1 aromatic rings. The van der Waals surface area contributed by atoms with Gasteiger partial charge in [-0.1, -0.05) is 0 Å². The Balaban J connectivity index is 1.49. The van der Waals surface area contributed by atoms with Crippen molar-refractivity contribution in [3.63, 3.8) is 0 Å². The molecule has 2 fully saturated rings. The van der Waals surface area contributed by atoms with Gasteiger partial charge in [-0.3, -0.25) is 4.90 Å². The minimum atomic E-state index is -0.139. The number of rotatable bonds is 6. The summed E-state index contributed by atoms with van der Waals surface area (Å²) in [6.07, 6.45) is 5.38. The second-order valence-corrected chi connectivity index (χ2v) is 6.76. The Morgan fingerprint density at radius 1 is 1.25 bits per heavy atom. The summed E-state index contributed by atoms with van der Waals surface area (Å²) in [6, 6.07) is 0.359. The van der Waals surface area contributed by atoms with Crippen molar-refractivity contribution in [3.05, 3.63) is 11.8 Å². The second-order valence-electron chi connectivity index (χ2n) is 6.76. The maximum Gasteiger partial charge on any atom is 0.224 e. The van der Waals surface area contributed by atoms with Crippen molar-refractivity contribution >= 4 is 11.8 Å². The van der Waals surface area contributed by atoms with Crippen LogP contribution in [0.3, 0.4) is 0 Å². The lowest BCUT2D eigenvalue weighted by Gasteiger charge is -2.27. The molecule has 2 aliphatic rings. The summed E-state index contributed by atoms with van der Waals surface area (Å²) in [6.45, 7) is 7.56. The first-order valence-electron chi connectivity index (χ1n) is 9.03. The van der Waals surface area contributed by atoms with Crippen molar-refractivity contribution in [2.45, 2.75) is 44.8 Å². The lowest BCUT2D eigenvalue weighted by molar-refractivity contribution is 0.0398. The van der Waals surface area contributed by atoms with E-state index in [1.807, 2.05) is 13.1 Å². The highest BCUT2D eigenvalue weighted by molar-refractivity contribution is 5.46. The van der Waals surface area contributed by atoms with Crippen LogP contribution in [-0.2, 0) is 4.74 Å². The zero-order valence-corrected chi connectivity index (χ0v) is 14.5. The van der Waals surface area contributed by atoms with Crippen LogP contribution in [0.4, 0.5) is 11.8 Å². The third-order valence-electron chi connectivity index (χ3n) is 4.83. The Hall–Kier alpha value is -1.44. The van der Waals surface area contributed by atoms with Crippen LogP contribution < -0.4 is 10.6 Å². The normalized spacial score (nSPS) is 25.4. The van der Waals surface area contributed by atoms with Crippen molar-refractivity contribution in [1.29, 1.82) is 0 Å². The van der Waals surface area contributed by atoms with Gasteiger partial charge in [0.1, 0.15) is 5.82 Å². The van der Waals surface area contributed by atoms with E-state index in [-0.39, 0.29) is 6.10 Å². The molecule has 0 aromatic carbocycles. The molecular formula is C17H29N5O2. The lowest BCUT2D eigenvalue weighted by Crippen LogP contribution is -2.39. The summed E-state index contributed by atoms with van der Waals surface area (Å²) >= 11 is 0. The topological polar surface area (TPSA) is 82.5 Å². The standard InChI is InChI=1S/C17H29N5O2/c1-13-12-19-17(20-14-2-4-15(23)5-3-14)21-16(13)18-6-7-22-8-10-24-11-9-22/h12,14-15,23H,2-11H2,1H3,(H2,18,19,20,21). The van der Waals surface area contributed by atoms with E-state index in [0.29, 0.717) is 12.0 Å². The van der Waals surface area contributed by atoms with Gasteiger partial charge in [0.05, 0.1) is 19.3 Å². The quantitative estimate of drug-likeness (QED) is 0.721. The van der Waals surface area contributed by atoms with E-state index in [1.165, 1.54) is 0 Å². The maximum atomic E-state index is 9.60. The number of aliphatic hydroxyl groups excluding tert-OH is 1. The smallest absolute Gasteiger partial charge is 0.224 e. The van der Waals surface area contributed by atoms with Gasteiger partial charge in [-0.2, -0.15) is 4.98 Å². The molecule has 2 heterocycles. The molecule has 7 heteroatoms. The number of nitrogens with zero attached hydrogens (tertiary/aromatic N) is 3. The summed E-state index contributed by atoms with van der Waals surface area (Å²) < 4.78 is 5.37. The Morgan fingerprint density at radius 3 is 2.75 bits per heavy atom. The molecule has 1 saturated carbocycles. The maximum absolute atomic E-state index is 9.60. The van der Waals surface area contributed by atoms with Gasteiger partial charge in [-0.15, -0.1) is 0 Å². The first kappa shape index (κ1) is 17.4. The minimum Gasteiger partial charge on any atom is -0.393 e. The lowest BCUT2D eigenvalue weighted by atomic mass is 9.93. The van der Waals surface area contributed by atoms with Crippen LogP contribution in [0, 0.1) is 6.92 Å². The average molecular weight is 335 g/mol. The fourth-order valence-corrected chi connectivity index (χ4v) is 3.25. The van der Waals surface area contributed by atoms with E-state index >= 15 is 0 Å². The van der Waals surface area contributed by atoms with Crippen molar-refractivity contribution in [1.82, 2.24) is 14.9 Å². The highest BCUT2D eigenvalue weighted by Crippen LogP contribution is 2.21. The predicted molar refractivity (Wildman–Crippen MR) is 94.4 cm³/mol. The SMILES string of the molecule is Cc1cnc(NC2CCC(O)CC2)nc1NCCN1CCOCC1. The molecule has 7 nitrogen and oxygen atoms in total. The largest absolute Gasteiger partial charge is 0.393 e. The number of hydrogen-bond acceptors (Lipinski definition) is 7. The van der Waals surface area contributed by atoms with Gasteiger partial charge in [-0.25, -0.2) is 4.98 Å². The van der Waals surface area contributed by atoms with Crippen molar-refractivity contribution in [2.75, 3.05) is 50.0 Å². The number of aromatic nitrogens is 2. The number of aryl methyl sites for hydroxylation is 1. The first-order chi connectivity index (χ1) is 11.7. The highest BCUT2D eigenvalue weighted by atomic mass is 16.5. The molecule has 1 saturated heterocycles. The number of anilines is 2. The van der Waals surface area contributed by atoms with Gasteiger partial charge in [-0.05, 0) is 32.6 Å². The summed E-state index contributed by atoms with van der Waals surface area (Å²) in [5.41, 5.74) is 1.06. The van der Waals surface area contributed by atoms with Gasteiger partial charge in [0.2, 0.25) is 5.95 Å². The Kier molecular flexibility index (Phi) is 6.23. The monoisotopic (exact) mass is 335 g/mol. The van der Waals surface area contributed by atoms with Gasteiger partial charge in [0, 0.05) is 44.0 Å². The third kappa shape index (κ3) is 5.03. The third-order valence-corrected chi connectivity index (χ3v) is 4.83. The highest BCUT2D eigenvalue weighted by Gasteiger charge is 2.20. The Bertz CT molecular complexity index is 514. The molecule has 134 valence electrons. The van der Waals surface area contributed by atoms with Crippen LogP contribution in [0.25, 0.3) is 0 Å². The van der Waals surface area contributed by atoms with Crippen LogP contribution in [0.1, 0.15) is 31.2 Å². The van der Waals surface area contributed by atoms with Gasteiger partial charge >= 0.3 is 0 Å². The molecule has 1 aromatic heterocycles. The van der Waals surface area contributed by atoms with Crippen LogP contribution in [0.5, 0.6) is 0 Å². The molecule has 0 unspecified atom stereocenters. The van der Waals surface area contributed by atoms with E-state index in [9.17, 15) is 5.11 Å². The number of ether oxygens (including phenoxy) is 1. The van der Waals surface area contributed by atoms with E-state index in [1.54, 1.807) is 0 Å². The van der Waals surface area contributed by atoms with E-state index < -0.39 is 0 Å². The molecule has 3 N–H and O–H groups in total. The summed E-state index contributed by atoms with van der Waals surface area (Å²) in [5.74, 6) is 1.58. The van der Waals surface area contributed by atoms with Crippen LogP contribution in [0.2, 0.25) is 0 Å². The number of morpholine rings is 1. The molecule has 24 heavy (non-hydrogen) atoms. The number of aliphatic hydroxyl groups is 1. The van der Waals surface area contributed by atoms with Gasteiger partial charge in [0.15, 0.2) is 0 Å². The van der Waals surface area contributed by atoms with Crippen molar-refractivity contribution in [3.8, 4) is 0 Å². The fraction of sp³-hybridized carbons (Fsp3) is 0.765. The molecule has 0 spiro atoms. The molecule has 3 rings (SSSR count). The molecule has 1 aliphatic carbocycles. The van der Waals surface area contributed by atoms with Crippen LogP contribution >= 0.6 is 0 Å². The van der Waals surface area contributed by atoms with E-state index in [0.717, 1.165) is 76.5 Å². The van der Waals surface area contributed by atoms with E-state index in [4.69, 9.17) is 4.74 Å². The van der Waals surface area contributed by atoms with E-state index in [2.05, 4.69) is 25.5 Å². The van der Waals surface area contributed by atoms with Gasteiger partial charge in [0.25, 0.3) is 0 Å². The molecule has 1 aliphatic heterocycles. The molecule has 0 amide bonds. The van der Waals surface area contributed by atoms with Gasteiger partial charge < -0.3 is 20.5 Å². The fourth-order valence-electron chi connectivity index (χ4n) is 3.25. The number of nitrogens with one attached hydrogen (secondary N) is 2. The summed E-state index contributed by atoms with van der Waals surface area (Å²) in [4.78, 5) is 11.4. The zero-order valence-electron chi connectivity index (χ0n) is 14.5. The van der Waals surface area contributed by atoms with Crippen molar-refractivity contribution < 1.29 is 9.84 Å². The molecule has 0 atom stereocenters. The Morgan fingerprint density at radius 2 is 2.00 bits per heavy atom. The Labute approximate surface area is 143 Å². The zero-order chi connectivity index (χ0) is 16.8. The summed E-state index contributed by atoms with van der Waals surface area (Å²) in [5, 5.41) is 16.4. The predicted octanol–water partition coefficient (Wildman–Crippen LogP) is 1.24. The second kappa shape index (κ2) is 8.60. The molecular weight excluding hydrogens is 306 g/mol. The average Bonchev–Trinajstić information content (AvgIpc) is 2.60. The summed E-state index contributed by atoms with van der Waals surface area (Å²) in [7, 11) is 0. The molecule has 0 radical (unpaired) electrons. The molecule has 0 bridgehead atoms. The number of hydrogen-bond donors (Lipinski definition) is 3. The van der Waals surface area contributed by atoms with Crippen LogP contribution in [-0.4, -0.2) is 71.5 Å². The minimum absolute atomic E-state index is 0.139.